The highest BCUT2D eigenvalue weighted by Crippen LogP contribution is 2.42. The molecule has 0 radical (unpaired) electrons. The fourth-order valence-electron chi connectivity index (χ4n) is 5.13. The Labute approximate surface area is 241 Å². The summed E-state index contributed by atoms with van der Waals surface area (Å²) in [6, 6.07) is 18.7. The molecule has 3 amide bonds. The normalized spacial score (nSPS) is 13.0. The SMILES string of the molecule is O=C(CCN1C(=O)C=CC1=O)Nc1ccc(C(c2c(O)c3ccccc3oc2=O)c2c(O)c3ccccc3oc2=O)cc1. The Bertz CT molecular complexity index is 1970. The van der Waals surface area contributed by atoms with Crippen molar-refractivity contribution in [1.29, 1.82) is 0 Å². The summed E-state index contributed by atoms with van der Waals surface area (Å²) in [5.41, 5.74) is -1.52. The van der Waals surface area contributed by atoms with Gasteiger partial charge in [0.1, 0.15) is 22.7 Å². The molecule has 0 saturated heterocycles. The van der Waals surface area contributed by atoms with Gasteiger partial charge in [0.05, 0.1) is 27.8 Å². The largest absolute Gasteiger partial charge is 0.507 e. The molecule has 0 fully saturated rings. The van der Waals surface area contributed by atoms with Gasteiger partial charge in [-0.2, -0.15) is 0 Å². The number of benzene rings is 3. The van der Waals surface area contributed by atoms with Gasteiger partial charge in [0, 0.05) is 30.8 Å². The van der Waals surface area contributed by atoms with E-state index in [0.29, 0.717) is 11.3 Å². The number of carbonyl (C=O) groups is 3. The molecule has 43 heavy (non-hydrogen) atoms. The molecule has 5 aromatic rings. The molecule has 0 saturated carbocycles. The van der Waals surface area contributed by atoms with Gasteiger partial charge < -0.3 is 24.4 Å². The predicted molar refractivity (Wildman–Crippen MR) is 155 cm³/mol. The van der Waals surface area contributed by atoms with E-state index in [4.69, 9.17) is 8.83 Å². The second-order valence-corrected chi connectivity index (χ2v) is 9.81. The summed E-state index contributed by atoms with van der Waals surface area (Å²) in [5, 5.41) is 25.7. The smallest absolute Gasteiger partial charge is 0.344 e. The minimum Gasteiger partial charge on any atom is -0.507 e. The first kappa shape index (κ1) is 27.2. The topological polar surface area (TPSA) is 167 Å². The van der Waals surface area contributed by atoms with Crippen LogP contribution < -0.4 is 16.6 Å². The number of nitrogens with one attached hydrogen (secondary N) is 1. The zero-order chi connectivity index (χ0) is 30.2. The third-order valence-electron chi connectivity index (χ3n) is 7.21. The molecule has 214 valence electrons. The predicted octanol–water partition coefficient (Wildman–Crippen LogP) is 3.74. The van der Waals surface area contributed by atoms with Crippen molar-refractivity contribution in [2.24, 2.45) is 0 Å². The molecule has 0 spiro atoms. The Morgan fingerprint density at radius 3 is 1.72 bits per heavy atom. The monoisotopic (exact) mass is 578 g/mol. The Hall–Kier alpha value is -5.97. The van der Waals surface area contributed by atoms with Crippen LogP contribution in [0, 0.1) is 0 Å². The van der Waals surface area contributed by atoms with Crippen molar-refractivity contribution in [3.8, 4) is 11.5 Å². The van der Waals surface area contributed by atoms with Gasteiger partial charge >= 0.3 is 11.3 Å². The number of amides is 3. The summed E-state index contributed by atoms with van der Waals surface area (Å²) in [4.78, 5) is 63.5. The second kappa shape index (κ2) is 10.8. The number of para-hydroxylation sites is 2. The molecule has 11 heteroatoms. The summed E-state index contributed by atoms with van der Waals surface area (Å²) < 4.78 is 11.0. The van der Waals surface area contributed by atoms with Crippen LogP contribution in [-0.2, 0) is 14.4 Å². The van der Waals surface area contributed by atoms with Crippen LogP contribution in [0.25, 0.3) is 21.9 Å². The van der Waals surface area contributed by atoms with Gasteiger partial charge in [0.15, 0.2) is 0 Å². The lowest BCUT2D eigenvalue weighted by molar-refractivity contribution is -0.137. The molecule has 6 rings (SSSR count). The van der Waals surface area contributed by atoms with E-state index in [1.165, 1.54) is 36.4 Å². The van der Waals surface area contributed by atoms with Crippen molar-refractivity contribution in [2.45, 2.75) is 12.3 Å². The number of aromatic hydroxyl groups is 2. The minimum atomic E-state index is -1.33. The average molecular weight is 579 g/mol. The molecule has 0 unspecified atom stereocenters. The Morgan fingerprint density at radius 1 is 0.721 bits per heavy atom. The quantitative estimate of drug-likeness (QED) is 0.192. The first-order chi connectivity index (χ1) is 20.7. The highest BCUT2D eigenvalue weighted by atomic mass is 16.4. The zero-order valence-corrected chi connectivity index (χ0v) is 22.3. The highest BCUT2D eigenvalue weighted by molar-refractivity contribution is 6.13. The van der Waals surface area contributed by atoms with Crippen molar-refractivity contribution in [2.75, 3.05) is 11.9 Å². The summed E-state index contributed by atoms with van der Waals surface area (Å²) in [6.45, 7) is -0.0926. The molecule has 11 nitrogen and oxygen atoms in total. The van der Waals surface area contributed by atoms with Crippen LogP contribution in [-0.4, -0.2) is 39.4 Å². The molecule has 3 aromatic carbocycles. The molecule has 2 aromatic heterocycles. The standard InChI is InChI=1S/C32H22N2O9/c35-23(15-16-34-24(36)13-14-25(34)37)33-18-11-9-17(10-12-18)26(27-29(38)19-5-1-3-7-21(19)42-31(27)40)28-30(39)20-6-2-4-8-22(20)43-32(28)41/h1-14,26,38-39H,15-16H2,(H,33,35). The molecular weight excluding hydrogens is 556 g/mol. The number of rotatable bonds is 7. The van der Waals surface area contributed by atoms with E-state index in [9.17, 15) is 34.2 Å². The van der Waals surface area contributed by atoms with Crippen molar-refractivity contribution >= 4 is 45.3 Å². The van der Waals surface area contributed by atoms with Gasteiger partial charge in [-0.05, 0) is 42.0 Å². The number of hydrogen-bond acceptors (Lipinski definition) is 9. The Kier molecular flexibility index (Phi) is 6.82. The van der Waals surface area contributed by atoms with E-state index in [1.54, 1.807) is 36.4 Å². The molecule has 3 N–H and O–H groups in total. The summed E-state index contributed by atoms with van der Waals surface area (Å²) in [7, 11) is 0. The fourth-order valence-corrected chi connectivity index (χ4v) is 5.13. The second-order valence-electron chi connectivity index (χ2n) is 9.81. The first-order valence-corrected chi connectivity index (χ1v) is 13.2. The number of nitrogens with zero attached hydrogens (tertiary/aromatic N) is 1. The number of imide groups is 1. The molecule has 0 bridgehead atoms. The van der Waals surface area contributed by atoms with Crippen LogP contribution in [0.4, 0.5) is 5.69 Å². The van der Waals surface area contributed by atoms with Crippen LogP contribution in [0.5, 0.6) is 11.5 Å². The van der Waals surface area contributed by atoms with Crippen molar-refractivity contribution in [3.05, 3.63) is 122 Å². The van der Waals surface area contributed by atoms with Gasteiger partial charge in [-0.15, -0.1) is 0 Å². The maximum Gasteiger partial charge on any atom is 0.344 e. The van der Waals surface area contributed by atoms with E-state index in [1.807, 2.05) is 0 Å². The van der Waals surface area contributed by atoms with E-state index < -0.39 is 46.4 Å². The molecule has 3 heterocycles. The van der Waals surface area contributed by atoms with Crippen molar-refractivity contribution < 1.29 is 33.4 Å². The third-order valence-corrected chi connectivity index (χ3v) is 7.21. The van der Waals surface area contributed by atoms with E-state index in [-0.39, 0.29) is 46.0 Å². The van der Waals surface area contributed by atoms with E-state index in [0.717, 1.165) is 17.1 Å². The molecule has 1 aliphatic heterocycles. The van der Waals surface area contributed by atoms with Gasteiger partial charge in [0.2, 0.25) is 5.91 Å². The van der Waals surface area contributed by atoms with Gasteiger partial charge in [0.25, 0.3) is 11.8 Å². The minimum absolute atomic E-state index is 0.0926. The lowest BCUT2D eigenvalue weighted by Gasteiger charge is -2.20. The van der Waals surface area contributed by atoms with Crippen LogP contribution in [0.2, 0.25) is 0 Å². The Balaban J connectivity index is 1.40. The van der Waals surface area contributed by atoms with Crippen LogP contribution >= 0.6 is 0 Å². The van der Waals surface area contributed by atoms with Gasteiger partial charge in [-0.3, -0.25) is 19.3 Å². The lowest BCUT2D eigenvalue weighted by atomic mass is 9.84. The number of carbonyl (C=O) groups excluding carboxylic acids is 3. The number of fused-ring (bicyclic) bond motifs is 2. The van der Waals surface area contributed by atoms with Gasteiger partial charge in [-0.1, -0.05) is 36.4 Å². The highest BCUT2D eigenvalue weighted by Gasteiger charge is 2.32. The fraction of sp³-hybridized carbons (Fsp3) is 0.0938. The van der Waals surface area contributed by atoms with E-state index >= 15 is 0 Å². The molecule has 0 atom stereocenters. The maximum absolute atomic E-state index is 13.3. The number of anilines is 1. The first-order valence-electron chi connectivity index (χ1n) is 13.2. The summed E-state index contributed by atoms with van der Waals surface area (Å²) >= 11 is 0. The van der Waals surface area contributed by atoms with Crippen LogP contribution in [0.3, 0.4) is 0 Å². The molecule has 1 aliphatic rings. The van der Waals surface area contributed by atoms with Crippen molar-refractivity contribution in [1.82, 2.24) is 4.90 Å². The van der Waals surface area contributed by atoms with Crippen LogP contribution in [0.1, 0.15) is 29.0 Å². The summed E-state index contributed by atoms with van der Waals surface area (Å²) in [6.07, 6.45) is 2.13. The summed E-state index contributed by atoms with van der Waals surface area (Å²) in [5.74, 6) is -3.63. The van der Waals surface area contributed by atoms with E-state index in [2.05, 4.69) is 5.32 Å². The zero-order valence-electron chi connectivity index (χ0n) is 22.3. The third kappa shape index (κ3) is 4.93. The molecule has 0 aliphatic carbocycles. The van der Waals surface area contributed by atoms with Crippen molar-refractivity contribution in [3.63, 3.8) is 0 Å². The maximum atomic E-state index is 13.3. The lowest BCUT2D eigenvalue weighted by Crippen LogP contribution is -2.33. The van der Waals surface area contributed by atoms with Crippen LogP contribution in [0.15, 0.2) is 103 Å². The number of hydrogen-bond donors (Lipinski definition) is 3. The molecular formula is C32H22N2O9. The Morgan fingerprint density at radius 2 is 1.21 bits per heavy atom. The van der Waals surface area contributed by atoms with Gasteiger partial charge in [-0.25, -0.2) is 9.59 Å². The average Bonchev–Trinajstić information content (AvgIpc) is 3.32.